The normalized spacial score (nSPS) is 19.4. The summed E-state index contributed by atoms with van der Waals surface area (Å²) < 4.78 is 5.29. The highest BCUT2D eigenvalue weighted by Gasteiger charge is 2.21. The van der Waals surface area contributed by atoms with Crippen LogP contribution in [-0.2, 0) is 0 Å². The molecule has 0 aromatic carbocycles. The van der Waals surface area contributed by atoms with Crippen molar-refractivity contribution in [3.05, 3.63) is 24.2 Å². The third kappa shape index (κ3) is 1.89. The van der Waals surface area contributed by atoms with Gasteiger partial charge in [0.05, 0.1) is 12.3 Å². The van der Waals surface area contributed by atoms with Crippen molar-refractivity contribution in [3.63, 3.8) is 0 Å². The van der Waals surface area contributed by atoms with Crippen molar-refractivity contribution in [2.75, 3.05) is 6.54 Å². The van der Waals surface area contributed by atoms with Crippen LogP contribution in [-0.4, -0.2) is 6.54 Å². The summed E-state index contributed by atoms with van der Waals surface area (Å²) in [6, 6.07) is 4.32. The molecule has 1 aliphatic rings. The topological polar surface area (TPSA) is 25.2 Å². The molecule has 1 aromatic rings. The lowest BCUT2D eigenvalue weighted by Crippen LogP contribution is -2.20. The van der Waals surface area contributed by atoms with E-state index in [9.17, 15) is 0 Å². The summed E-state index contributed by atoms with van der Waals surface area (Å²) in [5.74, 6) is 1.97. The highest BCUT2D eigenvalue weighted by molar-refractivity contribution is 5.03. The molecule has 2 rings (SSSR count). The molecule has 1 fully saturated rings. The Labute approximate surface area is 73.0 Å². The van der Waals surface area contributed by atoms with Gasteiger partial charge in [0.25, 0.3) is 0 Å². The molecule has 0 spiro atoms. The van der Waals surface area contributed by atoms with Gasteiger partial charge in [-0.05, 0) is 44.4 Å². The van der Waals surface area contributed by atoms with Crippen LogP contribution in [0.15, 0.2) is 22.8 Å². The fourth-order valence-electron chi connectivity index (χ4n) is 1.30. The van der Waals surface area contributed by atoms with Crippen LogP contribution in [0.25, 0.3) is 0 Å². The molecular formula is C10H15NO. The Bertz CT molecular complexity index is 226. The third-order valence-electron chi connectivity index (χ3n) is 2.38. The SMILES string of the molecule is C[C@@H](NCC1CC1)c1ccco1. The molecule has 0 saturated heterocycles. The van der Waals surface area contributed by atoms with Gasteiger partial charge in [-0.25, -0.2) is 0 Å². The van der Waals surface area contributed by atoms with Gasteiger partial charge in [0, 0.05) is 0 Å². The van der Waals surface area contributed by atoms with Crippen molar-refractivity contribution >= 4 is 0 Å². The second kappa shape index (κ2) is 3.31. The van der Waals surface area contributed by atoms with E-state index >= 15 is 0 Å². The maximum absolute atomic E-state index is 5.29. The molecule has 66 valence electrons. The van der Waals surface area contributed by atoms with E-state index < -0.39 is 0 Å². The molecular weight excluding hydrogens is 150 g/mol. The lowest BCUT2D eigenvalue weighted by molar-refractivity contribution is 0.426. The third-order valence-corrected chi connectivity index (χ3v) is 2.38. The Morgan fingerprint density at radius 1 is 1.67 bits per heavy atom. The molecule has 0 radical (unpaired) electrons. The first-order valence-corrected chi connectivity index (χ1v) is 4.63. The van der Waals surface area contributed by atoms with Gasteiger partial charge in [0.1, 0.15) is 5.76 Å². The monoisotopic (exact) mass is 165 g/mol. The minimum atomic E-state index is 0.362. The first-order chi connectivity index (χ1) is 5.86. The maximum atomic E-state index is 5.29. The highest BCUT2D eigenvalue weighted by Crippen LogP contribution is 2.28. The first kappa shape index (κ1) is 7.87. The number of hydrogen-bond donors (Lipinski definition) is 1. The van der Waals surface area contributed by atoms with Gasteiger partial charge in [-0.2, -0.15) is 0 Å². The molecule has 1 heterocycles. The van der Waals surface area contributed by atoms with Crippen molar-refractivity contribution < 1.29 is 4.42 Å². The van der Waals surface area contributed by atoms with Gasteiger partial charge in [0.15, 0.2) is 0 Å². The van der Waals surface area contributed by atoms with Gasteiger partial charge in [-0.15, -0.1) is 0 Å². The van der Waals surface area contributed by atoms with Gasteiger partial charge >= 0.3 is 0 Å². The van der Waals surface area contributed by atoms with Crippen LogP contribution >= 0.6 is 0 Å². The summed E-state index contributed by atoms with van der Waals surface area (Å²) in [6.07, 6.45) is 4.53. The molecule has 1 atom stereocenters. The smallest absolute Gasteiger partial charge is 0.120 e. The van der Waals surface area contributed by atoms with Crippen molar-refractivity contribution in [2.24, 2.45) is 5.92 Å². The molecule has 2 heteroatoms. The predicted molar refractivity (Wildman–Crippen MR) is 47.8 cm³/mol. The van der Waals surface area contributed by atoms with E-state index in [-0.39, 0.29) is 0 Å². The van der Waals surface area contributed by atoms with E-state index in [1.165, 1.54) is 12.8 Å². The molecule has 1 aliphatic carbocycles. The second-order valence-corrected chi connectivity index (χ2v) is 3.59. The molecule has 0 unspecified atom stereocenters. The molecule has 0 aliphatic heterocycles. The maximum Gasteiger partial charge on any atom is 0.120 e. The van der Waals surface area contributed by atoms with Crippen molar-refractivity contribution in [1.29, 1.82) is 0 Å². The zero-order chi connectivity index (χ0) is 8.39. The number of furan rings is 1. The summed E-state index contributed by atoms with van der Waals surface area (Å²) in [5, 5.41) is 3.45. The van der Waals surface area contributed by atoms with Crippen molar-refractivity contribution in [1.82, 2.24) is 5.32 Å². The van der Waals surface area contributed by atoms with Crippen LogP contribution in [0.2, 0.25) is 0 Å². The van der Waals surface area contributed by atoms with Crippen LogP contribution in [0.3, 0.4) is 0 Å². The van der Waals surface area contributed by atoms with E-state index in [2.05, 4.69) is 12.2 Å². The van der Waals surface area contributed by atoms with Gasteiger partial charge < -0.3 is 9.73 Å². The summed E-state index contributed by atoms with van der Waals surface area (Å²) in [6.45, 7) is 3.28. The predicted octanol–water partition coefficient (Wildman–Crippen LogP) is 2.34. The fraction of sp³-hybridized carbons (Fsp3) is 0.600. The standard InChI is InChI=1S/C10H15NO/c1-8(10-3-2-6-12-10)11-7-9-4-5-9/h2-3,6,8-9,11H,4-5,7H2,1H3/t8-/m1/s1. The molecule has 1 N–H and O–H groups in total. The number of rotatable bonds is 4. The quantitative estimate of drug-likeness (QED) is 0.740. The molecule has 1 saturated carbocycles. The molecule has 1 aromatic heterocycles. The summed E-state index contributed by atoms with van der Waals surface area (Å²) in [5.41, 5.74) is 0. The fourth-order valence-corrected chi connectivity index (χ4v) is 1.30. The minimum Gasteiger partial charge on any atom is -0.468 e. The Morgan fingerprint density at radius 3 is 3.08 bits per heavy atom. The van der Waals surface area contributed by atoms with Gasteiger partial charge in [0.2, 0.25) is 0 Å². The molecule has 12 heavy (non-hydrogen) atoms. The van der Waals surface area contributed by atoms with Crippen LogP contribution in [0.5, 0.6) is 0 Å². The lowest BCUT2D eigenvalue weighted by atomic mass is 10.2. The average Bonchev–Trinajstić information content (AvgIpc) is 2.74. The average molecular weight is 165 g/mol. The van der Waals surface area contributed by atoms with Crippen LogP contribution in [0, 0.1) is 5.92 Å². The zero-order valence-electron chi connectivity index (χ0n) is 7.42. The largest absolute Gasteiger partial charge is 0.468 e. The molecule has 0 amide bonds. The molecule has 2 nitrogen and oxygen atoms in total. The minimum absolute atomic E-state index is 0.362. The Balaban J connectivity index is 1.79. The summed E-state index contributed by atoms with van der Waals surface area (Å²) >= 11 is 0. The molecule has 0 bridgehead atoms. The lowest BCUT2D eigenvalue weighted by Gasteiger charge is -2.09. The second-order valence-electron chi connectivity index (χ2n) is 3.59. The van der Waals surface area contributed by atoms with E-state index in [0.717, 1.165) is 18.2 Å². The van der Waals surface area contributed by atoms with E-state index in [4.69, 9.17) is 4.42 Å². The first-order valence-electron chi connectivity index (χ1n) is 4.63. The van der Waals surface area contributed by atoms with Gasteiger partial charge in [-0.1, -0.05) is 0 Å². The van der Waals surface area contributed by atoms with Crippen molar-refractivity contribution in [2.45, 2.75) is 25.8 Å². The summed E-state index contributed by atoms with van der Waals surface area (Å²) in [7, 11) is 0. The van der Waals surface area contributed by atoms with E-state index in [0.29, 0.717) is 6.04 Å². The summed E-state index contributed by atoms with van der Waals surface area (Å²) in [4.78, 5) is 0. The van der Waals surface area contributed by atoms with Crippen LogP contribution < -0.4 is 5.32 Å². The van der Waals surface area contributed by atoms with Gasteiger partial charge in [-0.3, -0.25) is 0 Å². The number of hydrogen-bond acceptors (Lipinski definition) is 2. The Kier molecular flexibility index (Phi) is 2.17. The Hall–Kier alpha value is -0.760. The highest BCUT2D eigenvalue weighted by atomic mass is 16.3. The van der Waals surface area contributed by atoms with Crippen LogP contribution in [0.4, 0.5) is 0 Å². The zero-order valence-corrected chi connectivity index (χ0v) is 7.42. The van der Waals surface area contributed by atoms with Crippen LogP contribution in [0.1, 0.15) is 31.6 Å². The van der Waals surface area contributed by atoms with E-state index in [1.807, 2.05) is 12.1 Å². The van der Waals surface area contributed by atoms with E-state index in [1.54, 1.807) is 6.26 Å². The number of nitrogens with one attached hydrogen (secondary N) is 1. The van der Waals surface area contributed by atoms with Crippen molar-refractivity contribution in [3.8, 4) is 0 Å². The Morgan fingerprint density at radius 2 is 2.50 bits per heavy atom.